The van der Waals surface area contributed by atoms with E-state index < -0.39 is 17.1 Å². The Kier molecular flexibility index (Phi) is 3.94. The number of halogens is 2. The fourth-order valence-corrected chi connectivity index (χ4v) is 9.00. The van der Waals surface area contributed by atoms with Gasteiger partial charge in [0.15, 0.2) is 17.1 Å². The summed E-state index contributed by atoms with van der Waals surface area (Å²) in [4.78, 5) is 0. The molecular weight excluding hydrogens is 464 g/mol. The molecule has 0 aliphatic carbocycles. The highest BCUT2D eigenvalue weighted by atomic mass is 79.9. The van der Waals surface area contributed by atoms with Crippen molar-refractivity contribution in [1.82, 2.24) is 0 Å². The van der Waals surface area contributed by atoms with Gasteiger partial charge in [-0.1, -0.05) is 117 Å². The van der Waals surface area contributed by atoms with Crippen LogP contribution in [0.15, 0.2) is 84.9 Å². The van der Waals surface area contributed by atoms with Gasteiger partial charge in [-0.05, 0) is 22.3 Å². The second kappa shape index (κ2) is 5.79. The third kappa shape index (κ3) is 2.09. The molecule has 0 bridgehead atoms. The molecule has 1 aliphatic heterocycles. The van der Waals surface area contributed by atoms with Crippen molar-refractivity contribution in [3.63, 3.8) is 0 Å². The van der Waals surface area contributed by atoms with Gasteiger partial charge in [-0.25, -0.2) is 8.42 Å². The Morgan fingerprint density at radius 1 is 0.560 bits per heavy atom. The highest BCUT2D eigenvalue weighted by Crippen LogP contribution is 2.63. The number of alkyl halides is 2. The molecule has 0 N–H and O–H groups in total. The smallest absolute Gasteiger partial charge is 0.198 e. The Balaban J connectivity index is 2.12. The van der Waals surface area contributed by atoms with Gasteiger partial charge in [-0.15, -0.1) is 0 Å². The van der Waals surface area contributed by atoms with E-state index in [9.17, 15) is 8.42 Å². The maximum atomic E-state index is 13.9. The third-order valence-electron chi connectivity index (χ3n) is 4.65. The molecule has 0 unspecified atom stereocenters. The van der Waals surface area contributed by atoms with Gasteiger partial charge in [0, 0.05) is 0 Å². The Labute approximate surface area is 164 Å². The fourth-order valence-electron chi connectivity index (χ4n) is 3.45. The number of fused-ring (bicyclic) bond motifs is 1. The van der Waals surface area contributed by atoms with Crippen LogP contribution in [-0.4, -0.2) is 8.42 Å². The summed E-state index contributed by atoms with van der Waals surface area (Å²) in [6.45, 7) is 0. The fraction of sp³-hybridized carbons (Fsp3) is 0.100. The Hall–Kier alpha value is -1.43. The summed E-state index contributed by atoms with van der Waals surface area (Å²) in [6.07, 6.45) is 0. The van der Waals surface area contributed by atoms with E-state index in [0.29, 0.717) is 11.1 Å². The molecular formula is C20H14Br2O2S. The molecule has 0 fully saturated rings. The van der Waals surface area contributed by atoms with Crippen LogP contribution < -0.4 is 0 Å². The third-order valence-corrected chi connectivity index (χ3v) is 11.4. The maximum absolute atomic E-state index is 13.9. The standard InChI is InChI=1S/C20H14Br2O2S/c21-19(15-9-3-1-4-10-15)17-13-7-8-14-18(17)20(22,25(19,23)24)16-11-5-2-6-12-16/h1-14H/t19-,20+. The maximum Gasteiger partial charge on any atom is 0.198 e. The van der Waals surface area contributed by atoms with Crippen molar-refractivity contribution in [2.24, 2.45) is 0 Å². The molecule has 0 spiro atoms. The number of benzene rings is 3. The van der Waals surface area contributed by atoms with Crippen molar-refractivity contribution >= 4 is 41.7 Å². The average Bonchev–Trinajstić information content (AvgIpc) is 2.81. The molecule has 3 aromatic carbocycles. The molecule has 5 heteroatoms. The molecule has 2 nitrogen and oxygen atoms in total. The van der Waals surface area contributed by atoms with Crippen LogP contribution in [0.25, 0.3) is 0 Å². The zero-order valence-corrected chi connectivity index (χ0v) is 17.1. The molecule has 0 saturated carbocycles. The van der Waals surface area contributed by atoms with Crippen LogP contribution >= 0.6 is 31.9 Å². The molecule has 3 aromatic rings. The largest absolute Gasteiger partial charge is 0.224 e. The summed E-state index contributed by atoms with van der Waals surface area (Å²) in [5.74, 6) is 0. The van der Waals surface area contributed by atoms with Gasteiger partial charge in [0.1, 0.15) is 0 Å². The van der Waals surface area contributed by atoms with Crippen LogP contribution in [-0.2, 0) is 17.1 Å². The summed E-state index contributed by atoms with van der Waals surface area (Å²) in [5, 5.41) is 0. The zero-order valence-electron chi connectivity index (χ0n) is 13.1. The van der Waals surface area contributed by atoms with Crippen LogP contribution in [0, 0.1) is 0 Å². The first-order valence-electron chi connectivity index (χ1n) is 7.77. The van der Waals surface area contributed by atoms with Crippen LogP contribution in [0.2, 0.25) is 0 Å². The van der Waals surface area contributed by atoms with E-state index in [2.05, 4.69) is 31.9 Å². The molecule has 1 aliphatic rings. The van der Waals surface area contributed by atoms with Gasteiger partial charge in [0.2, 0.25) is 0 Å². The number of hydrogen-bond donors (Lipinski definition) is 0. The van der Waals surface area contributed by atoms with E-state index in [1.54, 1.807) is 0 Å². The van der Waals surface area contributed by atoms with Gasteiger partial charge in [-0.3, -0.25) is 0 Å². The number of hydrogen-bond acceptors (Lipinski definition) is 2. The van der Waals surface area contributed by atoms with E-state index in [1.165, 1.54) is 0 Å². The number of sulfone groups is 1. The molecule has 126 valence electrons. The van der Waals surface area contributed by atoms with Crippen molar-refractivity contribution in [1.29, 1.82) is 0 Å². The Bertz CT molecular complexity index is 957. The molecule has 1 heterocycles. The highest BCUT2D eigenvalue weighted by molar-refractivity contribution is 9.13. The molecule has 25 heavy (non-hydrogen) atoms. The van der Waals surface area contributed by atoms with Crippen LogP contribution in [0.3, 0.4) is 0 Å². The number of rotatable bonds is 2. The molecule has 4 rings (SSSR count). The predicted octanol–water partition coefficient (Wildman–Crippen LogP) is 5.31. The lowest BCUT2D eigenvalue weighted by atomic mass is 9.95. The van der Waals surface area contributed by atoms with Crippen LogP contribution in [0.4, 0.5) is 0 Å². The first kappa shape index (κ1) is 17.0. The minimum absolute atomic E-state index is 0.694. The topological polar surface area (TPSA) is 34.1 Å². The molecule has 2 atom stereocenters. The zero-order chi connectivity index (χ0) is 17.7. The minimum atomic E-state index is -3.76. The van der Waals surface area contributed by atoms with Crippen LogP contribution in [0.1, 0.15) is 22.3 Å². The van der Waals surface area contributed by atoms with Crippen molar-refractivity contribution in [2.75, 3.05) is 0 Å². The van der Waals surface area contributed by atoms with Crippen molar-refractivity contribution < 1.29 is 8.42 Å². The quantitative estimate of drug-likeness (QED) is 0.469. The van der Waals surface area contributed by atoms with E-state index in [-0.39, 0.29) is 0 Å². The second-order valence-corrected chi connectivity index (χ2v) is 11.6. The van der Waals surface area contributed by atoms with Crippen LogP contribution in [0.5, 0.6) is 0 Å². The van der Waals surface area contributed by atoms with E-state index in [4.69, 9.17) is 0 Å². The second-order valence-electron chi connectivity index (χ2n) is 5.97. The minimum Gasteiger partial charge on any atom is -0.224 e. The highest BCUT2D eigenvalue weighted by Gasteiger charge is 2.65. The summed E-state index contributed by atoms with van der Waals surface area (Å²) < 4.78 is 25.2. The lowest BCUT2D eigenvalue weighted by molar-refractivity contribution is 0.582. The molecule has 0 aromatic heterocycles. The van der Waals surface area contributed by atoms with E-state index >= 15 is 0 Å². The van der Waals surface area contributed by atoms with E-state index in [0.717, 1.165) is 11.1 Å². The first-order chi connectivity index (χ1) is 11.9. The Morgan fingerprint density at radius 2 is 0.880 bits per heavy atom. The molecule has 0 amide bonds. The summed E-state index contributed by atoms with van der Waals surface area (Å²) in [5.41, 5.74) is 2.86. The lowest BCUT2D eigenvalue weighted by Gasteiger charge is -2.28. The lowest BCUT2D eigenvalue weighted by Crippen LogP contribution is -2.35. The van der Waals surface area contributed by atoms with Gasteiger partial charge >= 0.3 is 0 Å². The van der Waals surface area contributed by atoms with Gasteiger partial charge in [0.25, 0.3) is 0 Å². The predicted molar refractivity (Wildman–Crippen MR) is 108 cm³/mol. The van der Waals surface area contributed by atoms with Gasteiger partial charge in [-0.2, -0.15) is 0 Å². The molecule has 0 radical (unpaired) electrons. The first-order valence-corrected chi connectivity index (χ1v) is 10.8. The summed E-state index contributed by atoms with van der Waals surface area (Å²) in [7, 11) is -3.76. The average molecular weight is 478 g/mol. The van der Waals surface area contributed by atoms with Gasteiger partial charge in [0.05, 0.1) is 0 Å². The van der Waals surface area contributed by atoms with Crippen molar-refractivity contribution in [2.45, 2.75) is 7.31 Å². The van der Waals surface area contributed by atoms with Gasteiger partial charge < -0.3 is 0 Å². The monoisotopic (exact) mass is 476 g/mol. The van der Waals surface area contributed by atoms with E-state index in [1.807, 2.05) is 84.9 Å². The normalized spacial score (nSPS) is 27.0. The SMILES string of the molecule is O=S1(=O)[C@@](Br)(c2ccccc2)c2ccccc2[C@@]1(Br)c1ccccc1. The summed E-state index contributed by atoms with van der Waals surface area (Å²) >= 11 is 7.26. The van der Waals surface area contributed by atoms with Crippen molar-refractivity contribution in [3.8, 4) is 0 Å². The molecule has 0 saturated heterocycles. The summed E-state index contributed by atoms with van der Waals surface area (Å²) in [6, 6.07) is 26.0. The van der Waals surface area contributed by atoms with Crippen molar-refractivity contribution in [3.05, 3.63) is 107 Å². The Morgan fingerprint density at radius 3 is 1.24 bits per heavy atom.